The van der Waals surface area contributed by atoms with Crippen molar-refractivity contribution in [3.05, 3.63) is 0 Å². The molecule has 4 heavy (non-hydrogen) atoms. The summed E-state index contributed by atoms with van der Waals surface area (Å²) in [6.07, 6.45) is 0. The van der Waals surface area contributed by atoms with Crippen LogP contribution in [-0.2, 0) is 16.5 Å². The molecule has 0 atom stereocenters. The van der Waals surface area contributed by atoms with Crippen molar-refractivity contribution in [3.8, 4) is 0 Å². The van der Waals surface area contributed by atoms with E-state index < -0.39 is 0 Å². The molecular formula is C3H9Ir. The van der Waals surface area contributed by atoms with Crippen LogP contribution >= 0.6 is 0 Å². The predicted octanol–water partition coefficient (Wildman–Crippen LogP) is 1.75. The Morgan fingerprint density at radius 1 is 1.00 bits per heavy atom. The third-order valence-corrected chi connectivity index (χ3v) is 0. The molecular weight excluding hydrogens is 228 g/mol. The summed E-state index contributed by atoms with van der Waals surface area (Å²) in [6.45, 7) is 0. The molecule has 0 unspecified atom stereocenters. The van der Waals surface area contributed by atoms with Crippen LogP contribution in [0.2, 0.25) is 16.3 Å². The van der Waals surface area contributed by atoms with Gasteiger partial charge in [0.15, 0.2) is 0 Å². The Labute approximate surface area is 33.4 Å². The van der Waals surface area contributed by atoms with Crippen LogP contribution < -0.4 is 0 Å². The van der Waals surface area contributed by atoms with Gasteiger partial charge < -0.3 is 0 Å². The molecule has 0 fully saturated rings. The molecule has 0 nitrogen and oxygen atoms in total. The van der Waals surface area contributed by atoms with Gasteiger partial charge in [-0.1, -0.05) is 0 Å². The Morgan fingerprint density at radius 3 is 1.00 bits per heavy atom. The van der Waals surface area contributed by atoms with E-state index in [9.17, 15) is 0 Å². The Bertz CT molecular complexity index is 8.00. The van der Waals surface area contributed by atoms with Crippen LogP contribution in [0.15, 0.2) is 0 Å². The van der Waals surface area contributed by atoms with E-state index in [0.29, 0.717) is 0 Å². The van der Waals surface area contributed by atoms with E-state index in [2.05, 4.69) is 16.3 Å². The summed E-state index contributed by atoms with van der Waals surface area (Å²) in [5.74, 6) is 0. The summed E-state index contributed by atoms with van der Waals surface area (Å²) in [7, 11) is 0. The second-order valence-electron chi connectivity index (χ2n) is 1.00. The Kier molecular flexibility index (Phi) is 2.24. The number of hydrogen-bond acceptors (Lipinski definition) is 0. The van der Waals surface area contributed by atoms with E-state index >= 15 is 0 Å². The molecule has 0 radical (unpaired) electrons. The van der Waals surface area contributed by atoms with Gasteiger partial charge in [-0.2, -0.15) is 0 Å². The summed E-state index contributed by atoms with van der Waals surface area (Å²) >= 11 is -0.333. The van der Waals surface area contributed by atoms with E-state index in [1.54, 1.807) is 0 Å². The van der Waals surface area contributed by atoms with Gasteiger partial charge in [0.1, 0.15) is 0 Å². The first-order valence-corrected chi connectivity index (χ1v) is 8.19. The molecule has 0 aromatic carbocycles. The van der Waals surface area contributed by atoms with Crippen molar-refractivity contribution in [1.82, 2.24) is 0 Å². The Morgan fingerprint density at radius 2 is 1.00 bits per heavy atom. The fourth-order valence-corrected chi connectivity index (χ4v) is 0. The molecule has 0 aliphatic carbocycles. The molecule has 0 heterocycles. The zero-order valence-corrected chi connectivity index (χ0v) is 5.73. The summed E-state index contributed by atoms with van der Waals surface area (Å²) in [5.41, 5.74) is 7.00. The molecule has 0 saturated heterocycles. The maximum absolute atomic E-state index is 2.33. The summed E-state index contributed by atoms with van der Waals surface area (Å²) in [4.78, 5) is 0. The van der Waals surface area contributed by atoms with E-state index in [0.717, 1.165) is 0 Å². The van der Waals surface area contributed by atoms with Gasteiger partial charge in [0, 0.05) is 0 Å². The van der Waals surface area contributed by atoms with E-state index in [1.807, 2.05) is 0 Å². The second kappa shape index (κ2) is 1.92. The molecule has 0 amide bonds. The van der Waals surface area contributed by atoms with Crippen LogP contribution in [0.25, 0.3) is 0 Å². The average Bonchev–Trinajstić information content (AvgIpc) is 0.811. The summed E-state index contributed by atoms with van der Waals surface area (Å²) in [6, 6.07) is 0. The Balaban J connectivity index is 2.32. The summed E-state index contributed by atoms with van der Waals surface area (Å²) < 4.78 is 0. The first-order valence-electron chi connectivity index (χ1n) is 1.00. The zero-order chi connectivity index (χ0) is 3.58. The first-order chi connectivity index (χ1) is 1.73. The van der Waals surface area contributed by atoms with Crippen LogP contribution in [0.4, 0.5) is 0 Å². The van der Waals surface area contributed by atoms with Crippen molar-refractivity contribution < 1.29 is 16.5 Å². The van der Waals surface area contributed by atoms with Crippen LogP contribution in [0, 0.1) is 0 Å². The number of hydrogen-bond donors (Lipinski definition) is 0. The molecule has 0 saturated carbocycles. The Hall–Kier alpha value is 0.649. The molecule has 1 heteroatoms. The van der Waals surface area contributed by atoms with Crippen LogP contribution in [-0.4, -0.2) is 0 Å². The van der Waals surface area contributed by atoms with Crippen molar-refractivity contribution in [2.75, 3.05) is 0 Å². The average molecular weight is 237 g/mol. The van der Waals surface area contributed by atoms with E-state index in [4.69, 9.17) is 0 Å². The fraction of sp³-hybridized carbons (Fsp3) is 1.00. The number of rotatable bonds is 0. The summed E-state index contributed by atoms with van der Waals surface area (Å²) in [5, 5.41) is 0. The molecule has 0 spiro atoms. The topological polar surface area (TPSA) is 0 Å². The minimum atomic E-state index is -0.333. The van der Waals surface area contributed by atoms with Gasteiger partial charge in [0.25, 0.3) is 0 Å². The monoisotopic (exact) mass is 238 g/mol. The second-order valence-corrected chi connectivity index (χ2v) is 8.19. The van der Waals surface area contributed by atoms with Gasteiger partial charge in [-0.05, 0) is 0 Å². The minimum absolute atomic E-state index is 0.333. The van der Waals surface area contributed by atoms with Crippen molar-refractivity contribution in [1.29, 1.82) is 0 Å². The van der Waals surface area contributed by atoms with Gasteiger partial charge in [0.05, 0.1) is 0 Å². The van der Waals surface area contributed by atoms with Crippen molar-refractivity contribution in [3.63, 3.8) is 0 Å². The standard InChI is InChI=1S/3CH3.Ir/h3*1H3;. The van der Waals surface area contributed by atoms with Crippen molar-refractivity contribution >= 4 is 0 Å². The van der Waals surface area contributed by atoms with Crippen molar-refractivity contribution in [2.24, 2.45) is 0 Å². The van der Waals surface area contributed by atoms with Gasteiger partial charge in [-0.25, -0.2) is 0 Å². The molecule has 0 aliphatic rings. The maximum atomic E-state index is 2.33. The van der Waals surface area contributed by atoms with Crippen molar-refractivity contribution in [2.45, 2.75) is 16.3 Å². The zero-order valence-electron chi connectivity index (χ0n) is 3.33. The van der Waals surface area contributed by atoms with Gasteiger partial charge in [-0.15, -0.1) is 0 Å². The van der Waals surface area contributed by atoms with Crippen LogP contribution in [0.1, 0.15) is 0 Å². The molecule has 0 bridgehead atoms. The van der Waals surface area contributed by atoms with Crippen LogP contribution in [0.5, 0.6) is 0 Å². The first kappa shape index (κ1) is 4.65. The molecule has 0 N–H and O–H groups in total. The SMILES string of the molecule is [CH3][Ir]([CH3])[CH3]. The normalized spacial score (nSPS) is 11.2. The molecule has 0 aliphatic heterocycles. The third kappa shape index (κ3) is 17.1. The predicted molar refractivity (Wildman–Crippen MR) is 17.6 cm³/mol. The molecule has 30 valence electrons. The fourth-order valence-electron chi connectivity index (χ4n) is 0. The van der Waals surface area contributed by atoms with E-state index in [-0.39, 0.29) is 16.5 Å². The van der Waals surface area contributed by atoms with Gasteiger partial charge in [0.2, 0.25) is 0 Å². The van der Waals surface area contributed by atoms with Gasteiger partial charge in [-0.3, -0.25) is 0 Å². The quantitative estimate of drug-likeness (QED) is 0.602. The van der Waals surface area contributed by atoms with Gasteiger partial charge >= 0.3 is 32.8 Å². The van der Waals surface area contributed by atoms with Crippen LogP contribution in [0.3, 0.4) is 0 Å². The molecule has 0 rings (SSSR count). The molecule has 0 aromatic heterocycles. The third-order valence-electron chi connectivity index (χ3n) is 0. The molecule has 0 aromatic rings. The van der Waals surface area contributed by atoms with E-state index in [1.165, 1.54) is 0 Å².